The van der Waals surface area contributed by atoms with Crippen LogP contribution in [0.4, 0.5) is 0 Å². The maximum absolute atomic E-state index is 9.46. The van der Waals surface area contributed by atoms with Crippen LogP contribution in [0.3, 0.4) is 0 Å². The molecule has 0 heterocycles. The molecule has 110 valence electrons. The maximum atomic E-state index is 9.46. The van der Waals surface area contributed by atoms with Gasteiger partial charge in [-0.1, -0.05) is 36.4 Å². The van der Waals surface area contributed by atoms with Crippen molar-refractivity contribution < 1.29 is 0 Å². The Morgan fingerprint density at radius 2 is 1.30 bits per heavy atom. The Bertz CT molecular complexity index is 852. The molecule has 1 aromatic carbocycles. The topological polar surface area (TPSA) is 47.6 Å². The number of benzene rings is 1. The van der Waals surface area contributed by atoms with Crippen LogP contribution >= 0.6 is 0 Å². The van der Waals surface area contributed by atoms with Gasteiger partial charge in [0.25, 0.3) is 0 Å². The van der Waals surface area contributed by atoms with Crippen LogP contribution in [-0.2, 0) is 10.8 Å². The Hall–Kier alpha value is -2.32. The summed E-state index contributed by atoms with van der Waals surface area (Å²) in [6, 6.07) is 13.6. The Morgan fingerprint density at radius 3 is 1.74 bits per heavy atom. The van der Waals surface area contributed by atoms with E-state index in [0.29, 0.717) is 35.5 Å². The quantitative estimate of drug-likeness (QED) is 0.728. The molecule has 2 nitrogen and oxygen atoms in total. The van der Waals surface area contributed by atoms with Gasteiger partial charge in [-0.05, 0) is 47.0 Å². The lowest BCUT2D eigenvalue weighted by molar-refractivity contribution is 0.222. The lowest BCUT2D eigenvalue weighted by atomic mass is 9.64. The van der Waals surface area contributed by atoms with Crippen molar-refractivity contribution in [2.45, 2.75) is 36.5 Å². The lowest BCUT2D eigenvalue weighted by Crippen LogP contribution is -2.36. The second-order valence-corrected chi connectivity index (χ2v) is 8.31. The van der Waals surface area contributed by atoms with E-state index in [-0.39, 0.29) is 0 Å². The first-order valence-electron chi connectivity index (χ1n) is 8.51. The second kappa shape index (κ2) is 3.29. The molecule has 1 aromatic rings. The third kappa shape index (κ3) is 1.05. The molecule has 2 bridgehead atoms. The van der Waals surface area contributed by atoms with Crippen molar-refractivity contribution in [1.82, 2.24) is 0 Å². The predicted molar refractivity (Wildman–Crippen MR) is 85.1 cm³/mol. The molecule has 0 spiro atoms. The Labute approximate surface area is 135 Å². The molecule has 4 fully saturated rings. The van der Waals surface area contributed by atoms with Crippen molar-refractivity contribution in [3.05, 3.63) is 58.7 Å². The number of hydrogen-bond donors (Lipinski definition) is 0. The fourth-order valence-corrected chi connectivity index (χ4v) is 6.74. The normalized spacial score (nSPS) is 42.3. The van der Waals surface area contributed by atoms with Gasteiger partial charge in [0.05, 0.1) is 12.1 Å². The van der Waals surface area contributed by atoms with Gasteiger partial charge in [0.15, 0.2) is 5.41 Å². The van der Waals surface area contributed by atoms with Gasteiger partial charge in [0, 0.05) is 23.7 Å². The highest BCUT2D eigenvalue weighted by molar-refractivity contribution is 5.64. The van der Waals surface area contributed by atoms with E-state index in [9.17, 15) is 10.5 Å². The van der Waals surface area contributed by atoms with Crippen LogP contribution in [0.25, 0.3) is 0 Å². The molecule has 0 aliphatic heterocycles. The summed E-state index contributed by atoms with van der Waals surface area (Å²) in [4.78, 5) is 0. The third-order valence-corrected chi connectivity index (χ3v) is 7.51. The molecule has 23 heavy (non-hydrogen) atoms. The molecular weight excluding hydrogens is 280 g/mol. The van der Waals surface area contributed by atoms with Crippen LogP contribution in [0.15, 0.2) is 47.6 Å². The molecule has 7 aliphatic rings. The van der Waals surface area contributed by atoms with Crippen molar-refractivity contribution in [2.24, 2.45) is 17.3 Å². The molecule has 0 radical (unpaired) electrons. The highest BCUT2D eigenvalue weighted by Crippen LogP contribution is 2.81. The van der Waals surface area contributed by atoms with Crippen LogP contribution in [-0.4, -0.2) is 0 Å². The van der Waals surface area contributed by atoms with Crippen molar-refractivity contribution in [2.75, 3.05) is 0 Å². The van der Waals surface area contributed by atoms with Gasteiger partial charge in [-0.25, -0.2) is 0 Å². The molecule has 0 amide bonds. The summed E-state index contributed by atoms with van der Waals surface area (Å²) in [5.74, 6) is 1.17. The van der Waals surface area contributed by atoms with Gasteiger partial charge in [-0.2, -0.15) is 10.5 Å². The first-order valence-corrected chi connectivity index (χ1v) is 8.51. The fourth-order valence-electron chi connectivity index (χ4n) is 6.74. The number of nitriles is 2. The van der Waals surface area contributed by atoms with Gasteiger partial charge < -0.3 is 0 Å². The Balaban J connectivity index is 1.52. The molecule has 0 saturated heterocycles. The first kappa shape index (κ1) is 12.1. The first-order chi connectivity index (χ1) is 11.2. The maximum Gasteiger partial charge on any atom is 0.151 e. The number of hydrogen-bond acceptors (Lipinski definition) is 2. The van der Waals surface area contributed by atoms with Crippen molar-refractivity contribution >= 4 is 0 Å². The van der Waals surface area contributed by atoms with E-state index >= 15 is 0 Å². The Morgan fingerprint density at radius 1 is 0.826 bits per heavy atom. The smallest absolute Gasteiger partial charge is 0.151 e. The van der Waals surface area contributed by atoms with Crippen molar-refractivity contribution in [3.63, 3.8) is 0 Å². The predicted octanol–water partition coefficient (Wildman–Crippen LogP) is 3.91. The minimum atomic E-state index is -0.818. The number of nitrogens with zero attached hydrogens (tertiary/aromatic N) is 2. The second-order valence-electron chi connectivity index (χ2n) is 8.31. The van der Waals surface area contributed by atoms with Gasteiger partial charge >= 0.3 is 0 Å². The molecule has 2 unspecified atom stereocenters. The fraction of sp³-hybridized carbons (Fsp3) is 0.429. The van der Waals surface area contributed by atoms with Gasteiger partial charge in [0.1, 0.15) is 0 Å². The summed E-state index contributed by atoms with van der Waals surface area (Å²) < 4.78 is 0. The van der Waals surface area contributed by atoms with Gasteiger partial charge in [0.2, 0.25) is 0 Å². The molecule has 0 N–H and O–H groups in total. The number of allylic oxidation sites excluding steroid dienone is 4. The molecule has 2 atom stereocenters. The summed E-state index contributed by atoms with van der Waals surface area (Å²) >= 11 is 0. The van der Waals surface area contributed by atoms with Gasteiger partial charge in [-0.3, -0.25) is 0 Å². The van der Waals surface area contributed by atoms with E-state index < -0.39 is 5.41 Å². The SMILES string of the molecule is N#CC1(C#N)CC2=CC3C(C=C2C1)C12CC3(C1)c1ccccc12. The summed E-state index contributed by atoms with van der Waals surface area (Å²) in [7, 11) is 0. The summed E-state index contributed by atoms with van der Waals surface area (Å²) in [5, 5.41) is 18.9. The van der Waals surface area contributed by atoms with Crippen LogP contribution in [0, 0.1) is 39.9 Å². The molecule has 7 aliphatic carbocycles. The Kier molecular flexibility index (Phi) is 1.74. The molecule has 8 rings (SSSR count). The van der Waals surface area contributed by atoms with Crippen LogP contribution in [0.1, 0.15) is 36.8 Å². The zero-order valence-electron chi connectivity index (χ0n) is 12.8. The van der Waals surface area contributed by atoms with E-state index in [1.165, 1.54) is 24.0 Å². The zero-order valence-corrected chi connectivity index (χ0v) is 12.8. The standard InChI is InChI=1S/C21H16N2/c22-11-19(12-23)7-13-5-17-18(6-14(13)8-19)21-9-20(17,10-21)15-3-1-2-4-16(15)21/h1-6,17-18H,7-10H2. The van der Waals surface area contributed by atoms with Crippen LogP contribution in [0.2, 0.25) is 0 Å². The van der Waals surface area contributed by atoms with E-state index in [1.807, 2.05) is 0 Å². The van der Waals surface area contributed by atoms with E-state index in [0.717, 1.165) is 0 Å². The average Bonchev–Trinajstić information content (AvgIpc) is 3.27. The van der Waals surface area contributed by atoms with Crippen LogP contribution in [0.5, 0.6) is 0 Å². The monoisotopic (exact) mass is 296 g/mol. The molecule has 2 heteroatoms. The lowest BCUT2D eigenvalue weighted by Gasteiger charge is -2.39. The molecule has 0 aromatic heterocycles. The van der Waals surface area contributed by atoms with E-state index in [4.69, 9.17) is 0 Å². The summed E-state index contributed by atoms with van der Waals surface area (Å²) in [5.41, 5.74) is 5.62. The number of rotatable bonds is 0. The van der Waals surface area contributed by atoms with E-state index in [2.05, 4.69) is 48.6 Å². The number of fused-ring (bicyclic) bond motifs is 1. The third-order valence-electron chi connectivity index (χ3n) is 7.51. The van der Waals surface area contributed by atoms with Crippen molar-refractivity contribution in [3.8, 4) is 12.1 Å². The minimum Gasteiger partial charge on any atom is -0.197 e. The van der Waals surface area contributed by atoms with E-state index in [1.54, 1.807) is 11.1 Å². The van der Waals surface area contributed by atoms with Crippen molar-refractivity contribution in [1.29, 1.82) is 10.5 Å². The summed E-state index contributed by atoms with van der Waals surface area (Å²) in [6.45, 7) is 0. The van der Waals surface area contributed by atoms with Crippen LogP contribution < -0.4 is 0 Å². The minimum absolute atomic E-state index is 0.348. The average molecular weight is 296 g/mol. The van der Waals surface area contributed by atoms with Gasteiger partial charge in [-0.15, -0.1) is 0 Å². The largest absolute Gasteiger partial charge is 0.197 e. The molecule has 4 saturated carbocycles. The highest BCUT2D eigenvalue weighted by atomic mass is 14.8. The molecular formula is C21H16N2. The summed E-state index contributed by atoms with van der Waals surface area (Å²) in [6.07, 6.45) is 8.79. The zero-order chi connectivity index (χ0) is 15.4. The highest BCUT2D eigenvalue weighted by Gasteiger charge is 2.77.